The summed E-state index contributed by atoms with van der Waals surface area (Å²) in [6.07, 6.45) is 3.10. The second-order valence-corrected chi connectivity index (χ2v) is 8.19. The van der Waals surface area contributed by atoms with Crippen LogP contribution in [0.2, 0.25) is 0 Å². The Morgan fingerprint density at radius 2 is 1.60 bits per heavy atom. The van der Waals surface area contributed by atoms with Crippen LogP contribution in [0.3, 0.4) is 0 Å². The Morgan fingerprint density at radius 3 is 2.23 bits per heavy atom. The van der Waals surface area contributed by atoms with Gasteiger partial charge in [-0.15, -0.1) is 0 Å². The van der Waals surface area contributed by atoms with Gasteiger partial charge in [0.15, 0.2) is 0 Å². The van der Waals surface area contributed by atoms with Gasteiger partial charge >= 0.3 is 6.03 Å². The molecule has 1 unspecified atom stereocenters. The molecular formula is C23H34N4O3. The first kappa shape index (κ1) is 22.1. The number of nitrogens with zero attached hydrogens (tertiary/aromatic N) is 3. The second kappa shape index (κ2) is 10.5. The molecule has 1 aromatic rings. The average molecular weight is 415 g/mol. The predicted molar refractivity (Wildman–Crippen MR) is 117 cm³/mol. The SMILES string of the molecule is CCN(CC)C(=O)C1CCN(C(=O)C2CCCN(C(=O)Nc3ccccc3)C2)CC1. The molecule has 1 atom stereocenters. The van der Waals surface area contributed by atoms with Crippen molar-refractivity contribution < 1.29 is 14.4 Å². The Kier molecular flexibility index (Phi) is 7.71. The van der Waals surface area contributed by atoms with E-state index in [4.69, 9.17) is 0 Å². The number of amides is 4. The second-order valence-electron chi connectivity index (χ2n) is 8.19. The van der Waals surface area contributed by atoms with Crippen molar-refractivity contribution in [1.82, 2.24) is 14.7 Å². The minimum atomic E-state index is -0.157. The van der Waals surface area contributed by atoms with Crippen molar-refractivity contribution in [2.24, 2.45) is 11.8 Å². The van der Waals surface area contributed by atoms with Crippen LogP contribution in [-0.2, 0) is 9.59 Å². The molecule has 164 valence electrons. The highest BCUT2D eigenvalue weighted by Gasteiger charge is 2.34. The molecule has 0 aromatic heterocycles. The van der Waals surface area contributed by atoms with Crippen LogP contribution in [0.1, 0.15) is 39.5 Å². The van der Waals surface area contributed by atoms with E-state index in [1.807, 2.05) is 54.0 Å². The lowest BCUT2D eigenvalue weighted by molar-refractivity contribution is -0.143. The number of carbonyl (C=O) groups is 3. The number of carbonyl (C=O) groups excluding carboxylic acids is 3. The maximum absolute atomic E-state index is 13.1. The summed E-state index contributed by atoms with van der Waals surface area (Å²) in [5.41, 5.74) is 0.760. The fraction of sp³-hybridized carbons (Fsp3) is 0.609. The Bertz CT molecular complexity index is 727. The molecule has 30 heavy (non-hydrogen) atoms. The van der Waals surface area contributed by atoms with Gasteiger partial charge in [-0.05, 0) is 51.7 Å². The van der Waals surface area contributed by atoms with Gasteiger partial charge < -0.3 is 20.0 Å². The molecule has 0 spiro atoms. The third kappa shape index (κ3) is 5.32. The molecular weight excluding hydrogens is 380 g/mol. The van der Waals surface area contributed by atoms with Gasteiger partial charge in [0.05, 0.1) is 5.92 Å². The number of piperidine rings is 2. The van der Waals surface area contributed by atoms with Crippen molar-refractivity contribution in [3.63, 3.8) is 0 Å². The lowest BCUT2D eigenvalue weighted by atomic mass is 9.92. The van der Waals surface area contributed by atoms with Gasteiger partial charge in [0.25, 0.3) is 0 Å². The molecule has 7 nitrogen and oxygen atoms in total. The zero-order chi connectivity index (χ0) is 21.5. The number of anilines is 1. The number of rotatable bonds is 5. The summed E-state index contributed by atoms with van der Waals surface area (Å²) in [6.45, 7) is 7.85. The lowest BCUT2D eigenvalue weighted by Gasteiger charge is -2.38. The predicted octanol–water partition coefficient (Wildman–Crippen LogP) is 3.04. The van der Waals surface area contributed by atoms with E-state index in [1.54, 1.807) is 4.90 Å². The standard InChI is InChI=1S/C23H34N4O3/c1-3-25(4-2)21(28)18-12-15-26(16-13-18)22(29)19-9-8-14-27(17-19)23(30)24-20-10-6-5-7-11-20/h5-7,10-11,18-19H,3-4,8-9,12-17H2,1-2H3,(H,24,30). The molecule has 2 fully saturated rings. The summed E-state index contributed by atoms with van der Waals surface area (Å²) in [5.74, 6) is 0.207. The molecule has 2 aliphatic rings. The molecule has 1 N–H and O–H groups in total. The zero-order valence-corrected chi connectivity index (χ0v) is 18.2. The first-order valence-corrected chi connectivity index (χ1v) is 11.2. The van der Waals surface area contributed by atoms with Crippen molar-refractivity contribution in [3.8, 4) is 0 Å². The monoisotopic (exact) mass is 414 g/mol. The Balaban J connectivity index is 1.51. The van der Waals surface area contributed by atoms with E-state index in [0.717, 1.165) is 44.5 Å². The number of hydrogen-bond acceptors (Lipinski definition) is 3. The van der Waals surface area contributed by atoms with E-state index in [0.29, 0.717) is 26.2 Å². The molecule has 2 saturated heterocycles. The van der Waals surface area contributed by atoms with Crippen LogP contribution in [0.5, 0.6) is 0 Å². The molecule has 4 amide bonds. The quantitative estimate of drug-likeness (QED) is 0.805. The fourth-order valence-electron chi connectivity index (χ4n) is 4.49. The highest BCUT2D eigenvalue weighted by atomic mass is 16.2. The summed E-state index contributed by atoms with van der Waals surface area (Å²) in [5, 5.41) is 2.91. The summed E-state index contributed by atoms with van der Waals surface area (Å²) < 4.78 is 0. The Morgan fingerprint density at radius 1 is 0.933 bits per heavy atom. The first-order chi connectivity index (χ1) is 14.5. The van der Waals surface area contributed by atoms with E-state index < -0.39 is 0 Å². The smallest absolute Gasteiger partial charge is 0.321 e. The third-order valence-electron chi connectivity index (χ3n) is 6.31. The van der Waals surface area contributed by atoms with Crippen molar-refractivity contribution in [2.45, 2.75) is 39.5 Å². The van der Waals surface area contributed by atoms with Crippen LogP contribution in [0, 0.1) is 11.8 Å². The van der Waals surface area contributed by atoms with Crippen molar-refractivity contribution in [3.05, 3.63) is 30.3 Å². The number of benzene rings is 1. The van der Waals surface area contributed by atoms with E-state index in [1.165, 1.54) is 0 Å². The van der Waals surface area contributed by atoms with E-state index in [9.17, 15) is 14.4 Å². The van der Waals surface area contributed by atoms with Gasteiger partial charge in [-0.25, -0.2) is 4.79 Å². The molecule has 0 saturated carbocycles. The van der Waals surface area contributed by atoms with Crippen molar-refractivity contribution in [1.29, 1.82) is 0 Å². The number of para-hydroxylation sites is 1. The molecule has 0 aliphatic carbocycles. The summed E-state index contributed by atoms with van der Waals surface area (Å²) in [6, 6.07) is 9.23. The van der Waals surface area contributed by atoms with Crippen LogP contribution in [0.4, 0.5) is 10.5 Å². The average Bonchev–Trinajstić information content (AvgIpc) is 2.80. The summed E-state index contributed by atoms with van der Waals surface area (Å²) >= 11 is 0. The van der Waals surface area contributed by atoms with E-state index >= 15 is 0 Å². The third-order valence-corrected chi connectivity index (χ3v) is 6.31. The normalized spacial score (nSPS) is 20.0. The maximum atomic E-state index is 13.1. The molecule has 2 aliphatic heterocycles. The minimum absolute atomic E-state index is 0.0217. The number of urea groups is 1. The summed E-state index contributed by atoms with van der Waals surface area (Å²) in [7, 11) is 0. The van der Waals surface area contributed by atoms with Crippen molar-refractivity contribution >= 4 is 23.5 Å². The zero-order valence-electron chi connectivity index (χ0n) is 18.2. The largest absolute Gasteiger partial charge is 0.343 e. The van der Waals surface area contributed by atoms with Crippen molar-refractivity contribution in [2.75, 3.05) is 44.6 Å². The summed E-state index contributed by atoms with van der Waals surface area (Å²) in [4.78, 5) is 43.8. The molecule has 1 aromatic carbocycles. The lowest BCUT2D eigenvalue weighted by Crippen LogP contribution is -2.50. The number of nitrogens with one attached hydrogen (secondary N) is 1. The van der Waals surface area contributed by atoms with Gasteiger partial charge in [-0.3, -0.25) is 9.59 Å². The first-order valence-electron chi connectivity index (χ1n) is 11.2. The van der Waals surface area contributed by atoms with Crippen LogP contribution in [0.25, 0.3) is 0 Å². The van der Waals surface area contributed by atoms with Crippen LogP contribution in [-0.4, -0.2) is 71.8 Å². The Labute approximate surface area is 179 Å². The molecule has 2 heterocycles. The topological polar surface area (TPSA) is 73.0 Å². The highest BCUT2D eigenvalue weighted by Crippen LogP contribution is 2.25. The maximum Gasteiger partial charge on any atom is 0.321 e. The number of likely N-dealkylation sites (tertiary alicyclic amines) is 2. The molecule has 3 rings (SSSR count). The minimum Gasteiger partial charge on any atom is -0.343 e. The fourth-order valence-corrected chi connectivity index (χ4v) is 4.49. The van der Waals surface area contributed by atoms with E-state index in [2.05, 4.69) is 5.32 Å². The van der Waals surface area contributed by atoms with Gasteiger partial charge in [0.1, 0.15) is 0 Å². The Hall–Kier alpha value is -2.57. The van der Waals surface area contributed by atoms with Crippen LogP contribution < -0.4 is 5.32 Å². The van der Waals surface area contributed by atoms with Crippen LogP contribution >= 0.6 is 0 Å². The molecule has 0 bridgehead atoms. The van der Waals surface area contributed by atoms with Gasteiger partial charge in [0, 0.05) is 50.9 Å². The number of hydrogen-bond donors (Lipinski definition) is 1. The molecule has 7 heteroatoms. The van der Waals surface area contributed by atoms with Crippen LogP contribution in [0.15, 0.2) is 30.3 Å². The van der Waals surface area contributed by atoms with E-state index in [-0.39, 0.29) is 29.7 Å². The molecule has 0 radical (unpaired) electrons. The van der Waals surface area contributed by atoms with Gasteiger partial charge in [-0.2, -0.15) is 0 Å². The highest BCUT2D eigenvalue weighted by molar-refractivity contribution is 5.90. The van der Waals surface area contributed by atoms with Gasteiger partial charge in [0.2, 0.25) is 11.8 Å². The van der Waals surface area contributed by atoms with Gasteiger partial charge in [-0.1, -0.05) is 18.2 Å².